The van der Waals surface area contributed by atoms with Crippen molar-refractivity contribution in [3.8, 4) is 0 Å². The SMILES string of the molecule is CCCCCCCC/C=C/CCCCCCCCOCN(COC)c1nc(N(COC)COCCCCCCCC/C=C/CCCCCCCC)nc(N(COC)COCCCCCCCC/C=C/CCCCCCCC)n1. The molecule has 1 heterocycles. The summed E-state index contributed by atoms with van der Waals surface area (Å²) in [6, 6.07) is 0. The van der Waals surface area contributed by atoms with E-state index in [9.17, 15) is 0 Å². The predicted octanol–water partition coefficient (Wildman–Crippen LogP) is 19.1. The van der Waals surface area contributed by atoms with Crippen molar-refractivity contribution in [3.05, 3.63) is 36.5 Å². The smallest absolute Gasteiger partial charge is 0.235 e. The zero-order valence-electron chi connectivity index (χ0n) is 52.2. The molecule has 0 amide bonds. The number of unbranched alkanes of at least 4 members (excludes halogenated alkanes) is 36. The number of ether oxygens (including phenoxy) is 6. The third-order valence-corrected chi connectivity index (χ3v) is 14.4. The molecule has 0 spiro atoms. The highest BCUT2D eigenvalue weighted by molar-refractivity contribution is 5.45. The summed E-state index contributed by atoms with van der Waals surface area (Å²) in [7, 11) is 5.05. The summed E-state index contributed by atoms with van der Waals surface area (Å²) >= 11 is 0. The lowest BCUT2D eigenvalue weighted by molar-refractivity contribution is 0.0971. The van der Waals surface area contributed by atoms with Gasteiger partial charge < -0.3 is 28.4 Å². The molecule has 0 radical (unpaired) electrons. The summed E-state index contributed by atoms with van der Waals surface area (Å²) in [5, 5.41) is 0. The molecule has 0 unspecified atom stereocenters. The van der Waals surface area contributed by atoms with Crippen LogP contribution in [0, 0.1) is 0 Å². The van der Waals surface area contributed by atoms with Gasteiger partial charge in [-0.15, -0.1) is 0 Å². The Labute approximate surface area is 482 Å². The quantitative estimate of drug-likeness (QED) is 0.0352. The van der Waals surface area contributed by atoms with Crippen molar-refractivity contribution >= 4 is 17.8 Å². The van der Waals surface area contributed by atoms with E-state index >= 15 is 0 Å². The van der Waals surface area contributed by atoms with Gasteiger partial charge in [0.25, 0.3) is 0 Å². The van der Waals surface area contributed by atoms with Gasteiger partial charge in [0, 0.05) is 41.2 Å². The molecule has 0 N–H and O–H groups in total. The first-order valence-electron chi connectivity index (χ1n) is 32.8. The summed E-state index contributed by atoms with van der Waals surface area (Å²) in [5.74, 6) is 1.34. The molecule has 0 aliphatic rings. The number of rotatable bonds is 63. The fourth-order valence-electron chi connectivity index (χ4n) is 9.57. The molecule has 0 atom stereocenters. The van der Waals surface area contributed by atoms with E-state index in [2.05, 4.69) is 57.2 Å². The van der Waals surface area contributed by atoms with E-state index in [4.69, 9.17) is 43.4 Å². The number of allylic oxidation sites excluding steroid dienone is 6. The van der Waals surface area contributed by atoms with Gasteiger partial charge in [-0.05, 0) is 96.3 Å². The maximum Gasteiger partial charge on any atom is 0.235 e. The first-order valence-corrected chi connectivity index (χ1v) is 32.8. The minimum absolute atomic E-state index is 0.254. The van der Waals surface area contributed by atoms with E-state index in [1.807, 2.05) is 14.7 Å². The van der Waals surface area contributed by atoms with Gasteiger partial charge in [0.05, 0.1) is 0 Å². The monoisotopic (exact) mass is 1100 g/mol. The molecule has 0 aliphatic heterocycles. The highest BCUT2D eigenvalue weighted by atomic mass is 16.5. The Morgan fingerprint density at radius 3 is 0.654 bits per heavy atom. The van der Waals surface area contributed by atoms with Gasteiger partial charge in [-0.25, -0.2) is 0 Å². The summed E-state index contributed by atoms with van der Waals surface area (Å²) in [6.45, 7) is 10.5. The van der Waals surface area contributed by atoms with Crippen LogP contribution in [-0.4, -0.2) is 96.5 Å². The van der Waals surface area contributed by atoms with E-state index in [1.165, 1.54) is 231 Å². The fraction of sp³-hybridized carbons (Fsp3) is 0.864. The van der Waals surface area contributed by atoms with Crippen LogP contribution < -0.4 is 14.7 Å². The molecular formula is C66H126N6O6. The van der Waals surface area contributed by atoms with Crippen molar-refractivity contribution < 1.29 is 28.4 Å². The van der Waals surface area contributed by atoms with Gasteiger partial charge in [-0.3, -0.25) is 14.7 Å². The van der Waals surface area contributed by atoms with Crippen molar-refractivity contribution in [2.45, 2.75) is 290 Å². The zero-order chi connectivity index (χ0) is 56.1. The number of anilines is 3. The normalized spacial score (nSPS) is 11.9. The second-order valence-corrected chi connectivity index (χ2v) is 22.0. The van der Waals surface area contributed by atoms with Crippen molar-refractivity contribution in [1.82, 2.24) is 15.0 Å². The molecule has 1 aromatic heterocycles. The highest BCUT2D eigenvalue weighted by Crippen LogP contribution is 2.21. The molecule has 456 valence electrons. The van der Waals surface area contributed by atoms with Gasteiger partial charge in [0.15, 0.2) is 0 Å². The Kier molecular flexibility index (Phi) is 56.9. The van der Waals surface area contributed by atoms with E-state index in [0.29, 0.717) is 37.7 Å². The first-order chi connectivity index (χ1) is 38.6. The number of nitrogens with zero attached hydrogens (tertiary/aromatic N) is 6. The van der Waals surface area contributed by atoms with Crippen LogP contribution in [0.25, 0.3) is 0 Å². The zero-order valence-corrected chi connectivity index (χ0v) is 52.2. The van der Waals surface area contributed by atoms with E-state index in [-0.39, 0.29) is 40.4 Å². The molecule has 12 heteroatoms. The van der Waals surface area contributed by atoms with Crippen molar-refractivity contribution in [3.63, 3.8) is 0 Å². The molecule has 1 aromatic rings. The van der Waals surface area contributed by atoms with Crippen LogP contribution in [0.4, 0.5) is 17.8 Å². The van der Waals surface area contributed by atoms with E-state index in [1.54, 1.807) is 21.3 Å². The molecule has 78 heavy (non-hydrogen) atoms. The Morgan fingerprint density at radius 1 is 0.256 bits per heavy atom. The van der Waals surface area contributed by atoms with Crippen molar-refractivity contribution in [1.29, 1.82) is 0 Å². The highest BCUT2D eigenvalue weighted by Gasteiger charge is 2.21. The summed E-state index contributed by atoms with van der Waals surface area (Å²) in [6.07, 6.45) is 68.1. The molecule has 12 nitrogen and oxygen atoms in total. The summed E-state index contributed by atoms with van der Waals surface area (Å²) < 4.78 is 35.9. The third kappa shape index (κ3) is 47.1. The standard InChI is InChI=1S/C66H126N6O6/c1-7-10-13-16-19-22-25-28-31-34-37-40-43-46-49-52-55-76-61-70(58-73-4)64-67-65(71(59-74-5)62-77-56-53-50-47-44-41-38-35-32-29-26-23-20-17-14-11-8-2)69-66(68-64)72(60-75-6)63-78-57-54-51-48-45-42-39-36-33-30-27-24-21-18-15-12-9-3/h28-33H,7-27,34-63H2,1-6H3/b31-28+,32-29+,33-30+. The summed E-state index contributed by atoms with van der Waals surface area (Å²) in [4.78, 5) is 20.7. The van der Waals surface area contributed by atoms with Crippen molar-refractivity contribution in [2.24, 2.45) is 0 Å². The van der Waals surface area contributed by atoms with Gasteiger partial charge in [-0.1, -0.05) is 231 Å². The van der Waals surface area contributed by atoms with Gasteiger partial charge in [0.1, 0.15) is 40.4 Å². The average Bonchev–Trinajstić information content (AvgIpc) is 3.45. The largest absolute Gasteiger partial charge is 0.364 e. The van der Waals surface area contributed by atoms with Gasteiger partial charge >= 0.3 is 0 Å². The molecule has 0 saturated heterocycles. The average molecular weight is 1100 g/mol. The number of aromatic nitrogens is 3. The lowest BCUT2D eigenvalue weighted by Crippen LogP contribution is -2.36. The molecule has 0 bridgehead atoms. The Bertz CT molecular complexity index is 1270. The van der Waals surface area contributed by atoms with Gasteiger partial charge in [0.2, 0.25) is 17.8 Å². The second kappa shape index (κ2) is 60.5. The molecular weight excluding hydrogens is 973 g/mol. The maximum atomic E-state index is 6.26. The van der Waals surface area contributed by atoms with E-state index in [0.717, 1.165) is 38.5 Å². The molecule has 0 aromatic carbocycles. The lowest BCUT2D eigenvalue weighted by Gasteiger charge is -2.28. The third-order valence-electron chi connectivity index (χ3n) is 14.4. The fourth-order valence-corrected chi connectivity index (χ4v) is 9.57. The molecule has 0 fully saturated rings. The number of hydrogen-bond acceptors (Lipinski definition) is 12. The lowest BCUT2D eigenvalue weighted by atomic mass is 10.1. The van der Waals surface area contributed by atoms with Crippen LogP contribution in [0.3, 0.4) is 0 Å². The maximum absolute atomic E-state index is 6.26. The second-order valence-electron chi connectivity index (χ2n) is 22.0. The molecule has 1 rings (SSSR count). The Balaban J connectivity index is 2.75. The van der Waals surface area contributed by atoms with E-state index < -0.39 is 0 Å². The van der Waals surface area contributed by atoms with Crippen LogP contribution in [0.1, 0.15) is 290 Å². The molecule has 0 saturated carbocycles. The van der Waals surface area contributed by atoms with Crippen molar-refractivity contribution in [2.75, 3.05) is 96.2 Å². The van der Waals surface area contributed by atoms with Crippen LogP contribution in [0.15, 0.2) is 36.5 Å². The number of methoxy groups -OCH3 is 3. The summed E-state index contributed by atoms with van der Waals surface area (Å²) in [5.41, 5.74) is 0. The van der Waals surface area contributed by atoms with Crippen LogP contribution >= 0.6 is 0 Å². The number of hydrogen-bond donors (Lipinski definition) is 0. The van der Waals surface area contributed by atoms with Crippen LogP contribution in [-0.2, 0) is 28.4 Å². The Hall–Kier alpha value is -2.61. The predicted molar refractivity (Wildman–Crippen MR) is 334 cm³/mol. The van der Waals surface area contributed by atoms with Crippen LogP contribution in [0.2, 0.25) is 0 Å². The Morgan fingerprint density at radius 2 is 0.449 bits per heavy atom. The minimum atomic E-state index is 0.254. The first kappa shape index (κ1) is 73.4. The topological polar surface area (TPSA) is 104 Å². The minimum Gasteiger partial charge on any atom is -0.364 e. The van der Waals surface area contributed by atoms with Gasteiger partial charge in [-0.2, -0.15) is 15.0 Å². The molecule has 0 aliphatic carbocycles. The van der Waals surface area contributed by atoms with Crippen LogP contribution in [0.5, 0.6) is 0 Å².